The van der Waals surface area contributed by atoms with Crippen LogP contribution in [0.3, 0.4) is 0 Å². The number of carbonyl (C=O) groups is 1. The average Bonchev–Trinajstić information content (AvgIpc) is 2.37. The van der Waals surface area contributed by atoms with E-state index in [1.807, 2.05) is 38.1 Å². The van der Waals surface area contributed by atoms with Crippen molar-refractivity contribution in [2.45, 2.75) is 13.8 Å². The Kier molecular flexibility index (Phi) is 4.07. The summed E-state index contributed by atoms with van der Waals surface area (Å²) in [5.41, 5.74) is 2.58. The van der Waals surface area contributed by atoms with Gasteiger partial charge in [-0.3, -0.25) is 5.32 Å². The zero-order chi connectivity index (χ0) is 13.8. The molecule has 0 aliphatic rings. The van der Waals surface area contributed by atoms with Crippen LogP contribution in [0.5, 0.6) is 5.75 Å². The Bertz CT molecular complexity index is 611. The smallest absolute Gasteiger partial charge is 0.410 e. The summed E-state index contributed by atoms with van der Waals surface area (Å²) in [7, 11) is 0. The first-order valence-corrected chi connectivity index (χ1v) is 6.24. The number of amides is 1. The Morgan fingerprint density at radius 1 is 1.11 bits per heavy atom. The molecule has 0 spiro atoms. The molecule has 0 bridgehead atoms. The molecule has 19 heavy (non-hydrogen) atoms. The van der Waals surface area contributed by atoms with E-state index < -0.39 is 6.09 Å². The van der Waals surface area contributed by atoms with Gasteiger partial charge in [0.15, 0.2) is 0 Å². The third kappa shape index (κ3) is 3.48. The van der Waals surface area contributed by atoms with Crippen molar-refractivity contribution in [3.05, 3.63) is 58.6 Å². The molecule has 0 aromatic heterocycles. The van der Waals surface area contributed by atoms with Gasteiger partial charge in [-0.15, -0.1) is 0 Å². The summed E-state index contributed by atoms with van der Waals surface area (Å²) in [5, 5.41) is 3.34. The predicted molar refractivity (Wildman–Crippen MR) is 77.0 cm³/mol. The van der Waals surface area contributed by atoms with E-state index in [4.69, 9.17) is 16.3 Å². The van der Waals surface area contributed by atoms with Crippen LogP contribution in [-0.4, -0.2) is 6.09 Å². The van der Waals surface area contributed by atoms with Crippen LogP contribution in [-0.2, 0) is 0 Å². The van der Waals surface area contributed by atoms with Crippen molar-refractivity contribution in [3.8, 4) is 5.75 Å². The lowest BCUT2D eigenvalue weighted by Gasteiger charge is -2.09. The maximum Gasteiger partial charge on any atom is 0.417 e. The topological polar surface area (TPSA) is 38.3 Å². The summed E-state index contributed by atoms with van der Waals surface area (Å²) in [6, 6.07) is 12.6. The van der Waals surface area contributed by atoms with Gasteiger partial charge in [0.25, 0.3) is 0 Å². The van der Waals surface area contributed by atoms with Crippen molar-refractivity contribution in [2.75, 3.05) is 5.32 Å². The Labute approximate surface area is 117 Å². The van der Waals surface area contributed by atoms with Crippen LogP contribution in [0.25, 0.3) is 0 Å². The first kappa shape index (κ1) is 13.4. The van der Waals surface area contributed by atoms with E-state index in [1.54, 1.807) is 18.2 Å². The van der Waals surface area contributed by atoms with Crippen molar-refractivity contribution in [1.82, 2.24) is 0 Å². The van der Waals surface area contributed by atoms with E-state index in [0.29, 0.717) is 10.8 Å². The normalized spacial score (nSPS) is 10.1. The Hall–Kier alpha value is -2.00. The molecule has 1 amide bonds. The summed E-state index contributed by atoms with van der Waals surface area (Å²) in [6.45, 7) is 3.77. The largest absolute Gasteiger partial charge is 0.417 e. The molecular weight excluding hydrogens is 262 g/mol. The maximum atomic E-state index is 11.8. The van der Waals surface area contributed by atoms with Gasteiger partial charge in [-0.2, -0.15) is 0 Å². The van der Waals surface area contributed by atoms with Gasteiger partial charge in [-0.1, -0.05) is 29.8 Å². The number of aryl methyl sites for hydroxylation is 2. The van der Waals surface area contributed by atoms with Crippen LogP contribution >= 0.6 is 11.6 Å². The number of benzene rings is 2. The van der Waals surface area contributed by atoms with Gasteiger partial charge in [0.1, 0.15) is 5.75 Å². The second-order valence-electron chi connectivity index (χ2n) is 4.24. The van der Waals surface area contributed by atoms with Crippen molar-refractivity contribution >= 4 is 23.4 Å². The number of rotatable bonds is 2. The molecule has 0 aliphatic heterocycles. The van der Waals surface area contributed by atoms with Crippen molar-refractivity contribution in [1.29, 1.82) is 0 Å². The van der Waals surface area contributed by atoms with Crippen molar-refractivity contribution in [3.63, 3.8) is 0 Å². The minimum atomic E-state index is -0.518. The van der Waals surface area contributed by atoms with Gasteiger partial charge in [0.05, 0.1) is 0 Å². The lowest BCUT2D eigenvalue weighted by atomic mass is 10.2. The second-order valence-corrected chi connectivity index (χ2v) is 4.65. The molecule has 0 atom stereocenters. The van der Waals surface area contributed by atoms with Crippen LogP contribution in [0, 0.1) is 13.8 Å². The fourth-order valence-corrected chi connectivity index (χ4v) is 1.75. The van der Waals surface area contributed by atoms with Gasteiger partial charge in [-0.05, 0) is 49.2 Å². The molecule has 0 heterocycles. The van der Waals surface area contributed by atoms with Crippen molar-refractivity contribution in [2.24, 2.45) is 0 Å². The van der Waals surface area contributed by atoms with E-state index in [1.165, 1.54) is 0 Å². The Morgan fingerprint density at radius 3 is 2.53 bits per heavy atom. The standard InChI is InChI=1S/C15H14ClNO2/c1-10-5-3-4-6-14(10)17-15(18)19-12-7-8-13(16)11(2)9-12/h3-9H,1-2H3,(H,17,18). The number of anilines is 1. The van der Waals surface area contributed by atoms with E-state index >= 15 is 0 Å². The van der Waals surface area contributed by atoms with Crippen LogP contribution in [0.2, 0.25) is 5.02 Å². The Morgan fingerprint density at radius 2 is 1.84 bits per heavy atom. The summed E-state index contributed by atoms with van der Waals surface area (Å²) < 4.78 is 5.20. The van der Waals surface area contributed by atoms with Crippen LogP contribution < -0.4 is 10.1 Å². The maximum absolute atomic E-state index is 11.8. The number of hydrogen-bond donors (Lipinski definition) is 1. The number of halogens is 1. The molecule has 2 aromatic carbocycles. The molecule has 2 aromatic rings. The zero-order valence-corrected chi connectivity index (χ0v) is 11.5. The zero-order valence-electron chi connectivity index (χ0n) is 10.7. The van der Waals surface area contributed by atoms with Crippen LogP contribution in [0.4, 0.5) is 10.5 Å². The van der Waals surface area contributed by atoms with E-state index in [2.05, 4.69) is 5.32 Å². The van der Waals surface area contributed by atoms with Crippen molar-refractivity contribution < 1.29 is 9.53 Å². The Balaban J connectivity index is 2.05. The lowest BCUT2D eigenvalue weighted by Crippen LogP contribution is -2.17. The fraction of sp³-hybridized carbons (Fsp3) is 0.133. The third-order valence-corrected chi connectivity index (χ3v) is 3.15. The molecule has 3 nitrogen and oxygen atoms in total. The predicted octanol–water partition coefficient (Wildman–Crippen LogP) is 4.57. The minimum Gasteiger partial charge on any atom is -0.410 e. The number of ether oxygens (including phenoxy) is 1. The highest BCUT2D eigenvalue weighted by atomic mass is 35.5. The van der Waals surface area contributed by atoms with Gasteiger partial charge in [0, 0.05) is 10.7 Å². The molecule has 0 saturated carbocycles. The summed E-state index contributed by atoms with van der Waals surface area (Å²) in [6.07, 6.45) is -0.518. The minimum absolute atomic E-state index is 0.466. The summed E-state index contributed by atoms with van der Waals surface area (Å²) in [4.78, 5) is 11.8. The second kappa shape index (κ2) is 5.76. The molecule has 0 radical (unpaired) electrons. The van der Waals surface area contributed by atoms with E-state index in [9.17, 15) is 4.79 Å². The molecule has 98 valence electrons. The van der Waals surface area contributed by atoms with Crippen LogP contribution in [0.15, 0.2) is 42.5 Å². The molecule has 2 rings (SSSR count). The third-order valence-electron chi connectivity index (χ3n) is 2.72. The number of carbonyl (C=O) groups excluding carboxylic acids is 1. The molecule has 0 unspecified atom stereocenters. The van der Waals surface area contributed by atoms with Gasteiger partial charge < -0.3 is 4.74 Å². The fourth-order valence-electron chi connectivity index (χ4n) is 1.64. The van der Waals surface area contributed by atoms with Crippen LogP contribution in [0.1, 0.15) is 11.1 Å². The van der Waals surface area contributed by atoms with Gasteiger partial charge in [-0.25, -0.2) is 4.79 Å². The molecule has 1 N–H and O–H groups in total. The number of nitrogens with one attached hydrogen (secondary N) is 1. The molecular formula is C15H14ClNO2. The number of para-hydroxylation sites is 1. The first-order chi connectivity index (χ1) is 9.06. The SMILES string of the molecule is Cc1cc(OC(=O)Nc2ccccc2C)ccc1Cl. The monoisotopic (exact) mass is 275 g/mol. The van der Waals surface area contributed by atoms with Gasteiger partial charge in [0.2, 0.25) is 0 Å². The quantitative estimate of drug-likeness (QED) is 0.872. The lowest BCUT2D eigenvalue weighted by molar-refractivity contribution is 0.215. The van der Waals surface area contributed by atoms with E-state index in [-0.39, 0.29) is 0 Å². The van der Waals surface area contributed by atoms with E-state index in [0.717, 1.165) is 16.8 Å². The highest BCUT2D eigenvalue weighted by Crippen LogP contribution is 2.21. The summed E-state index contributed by atoms with van der Waals surface area (Å²) >= 11 is 5.91. The van der Waals surface area contributed by atoms with Gasteiger partial charge >= 0.3 is 6.09 Å². The molecule has 0 saturated heterocycles. The first-order valence-electron chi connectivity index (χ1n) is 5.87. The molecule has 0 aliphatic carbocycles. The average molecular weight is 276 g/mol. The molecule has 0 fully saturated rings. The number of hydrogen-bond acceptors (Lipinski definition) is 2. The molecule has 4 heteroatoms. The highest BCUT2D eigenvalue weighted by Gasteiger charge is 2.07. The highest BCUT2D eigenvalue weighted by molar-refractivity contribution is 6.31. The summed E-state index contributed by atoms with van der Waals surface area (Å²) in [5.74, 6) is 0.466.